The van der Waals surface area contributed by atoms with Crippen molar-refractivity contribution in [3.63, 3.8) is 0 Å². The summed E-state index contributed by atoms with van der Waals surface area (Å²) < 4.78 is 14.8. The second kappa shape index (κ2) is 5.35. The number of amides is 1. The lowest BCUT2D eigenvalue weighted by molar-refractivity contribution is -0.114. The lowest BCUT2D eigenvalue weighted by Crippen LogP contribution is -2.29. The van der Waals surface area contributed by atoms with E-state index >= 15 is 0 Å². The van der Waals surface area contributed by atoms with Crippen LogP contribution in [0.2, 0.25) is 0 Å². The van der Waals surface area contributed by atoms with Gasteiger partial charge in [-0.3, -0.25) is 9.59 Å². The van der Waals surface area contributed by atoms with Gasteiger partial charge in [0.15, 0.2) is 0 Å². The van der Waals surface area contributed by atoms with E-state index in [0.29, 0.717) is 5.69 Å². The Bertz CT molecular complexity index is 759. The van der Waals surface area contributed by atoms with E-state index in [1.165, 1.54) is 17.0 Å². The molecule has 0 spiro atoms. The van der Waals surface area contributed by atoms with E-state index < -0.39 is 17.5 Å². The number of fused-ring (bicyclic) bond motifs is 1. The first kappa shape index (κ1) is 14.4. The van der Waals surface area contributed by atoms with Crippen molar-refractivity contribution in [3.05, 3.63) is 62.3 Å². The predicted molar refractivity (Wildman–Crippen MR) is 83.8 cm³/mol. The van der Waals surface area contributed by atoms with Crippen LogP contribution in [-0.4, -0.2) is 11.7 Å². The van der Waals surface area contributed by atoms with E-state index in [0.717, 1.165) is 10.0 Å². The average molecular weight is 413 g/mol. The van der Waals surface area contributed by atoms with Crippen LogP contribution < -0.4 is 4.90 Å². The third-order valence-corrected chi connectivity index (χ3v) is 4.40. The number of halogens is 3. The number of carbonyl (C=O) groups is 2. The molecule has 0 atom stereocenters. The van der Waals surface area contributed by atoms with Crippen LogP contribution in [0.3, 0.4) is 0 Å². The summed E-state index contributed by atoms with van der Waals surface area (Å²) in [5.41, 5.74) is 1.40. The summed E-state index contributed by atoms with van der Waals surface area (Å²) >= 11 is 6.36. The highest BCUT2D eigenvalue weighted by molar-refractivity contribution is 9.10. The minimum absolute atomic E-state index is 0.174. The summed E-state index contributed by atoms with van der Waals surface area (Å²) in [6, 6.07) is 9.94. The summed E-state index contributed by atoms with van der Waals surface area (Å²) in [5, 5.41) is 0. The van der Waals surface area contributed by atoms with Gasteiger partial charge >= 0.3 is 0 Å². The fourth-order valence-electron chi connectivity index (χ4n) is 2.22. The van der Waals surface area contributed by atoms with Crippen LogP contribution in [0, 0.1) is 5.82 Å². The Labute approximate surface area is 137 Å². The molecule has 0 bridgehead atoms. The predicted octanol–water partition coefficient (Wildman–Crippen LogP) is 4.08. The largest absolute Gasteiger partial charge is 0.300 e. The molecule has 1 amide bonds. The van der Waals surface area contributed by atoms with E-state index in [9.17, 15) is 14.0 Å². The maximum Gasteiger partial charge on any atom is 0.299 e. The van der Waals surface area contributed by atoms with Gasteiger partial charge in [0, 0.05) is 4.47 Å². The van der Waals surface area contributed by atoms with Gasteiger partial charge in [0.05, 0.1) is 22.3 Å². The highest BCUT2D eigenvalue weighted by atomic mass is 79.9. The van der Waals surface area contributed by atoms with Gasteiger partial charge in [0.2, 0.25) is 0 Å². The van der Waals surface area contributed by atoms with Crippen LogP contribution in [-0.2, 0) is 11.3 Å². The van der Waals surface area contributed by atoms with Gasteiger partial charge in [-0.25, -0.2) is 4.39 Å². The summed E-state index contributed by atoms with van der Waals surface area (Å²) in [5.74, 6) is -1.75. The Morgan fingerprint density at radius 3 is 2.38 bits per heavy atom. The highest BCUT2D eigenvalue weighted by Gasteiger charge is 2.36. The normalized spacial score (nSPS) is 13.8. The van der Waals surface area contributed by atoms with Crippen molar-refractivity contribution < 1.29 is 14.0 Å². The quantitative estimate of drug-likeness (QED) is 0.697. The number of hydrogen-bond donors (Lipinski definition) is 0. The number of ketones is 1. The first-order valence-corrected chi connectivity index (χ1v) is 7.65. The molecule has 106 valence electrons. The highest BCUT2D eigenvalue weighted by Crippen LogP contribution is 2.34. The fourth-order valence-corrected chi connectivity index (χ4v) is 2.83. The maximum atomic E-state index is 13.7. The van der Waals surface area contributed by atoms with Crippen molar-refractivity contribution in [2.24, 2.45) is 0 Å². The topological polar surface area (TPSA) is 37.4 Å². The van der Waals surface area contributed by atoms with Crippen molar-refractivity contribution in [1.82, 2.24) is 0 Å². The number of carbonyl (C=O) groups excluding carboxylic acids is 2. The molecule has 1 heterocycles. The van der Waals surface area contributed by atoms with E-state index in [1.807, 2.05) is 24.3 Å². The zero-order chi connectivity index (χ0) is 15.1. The molecule has 0 radical (unpaired) electrons. The van der Waals surface area contributed by atoms with Crippen LogP contribution >= 0.6 is 31.9 Å². The first-order valence-electron chi connectivity index (χ1n) is 6.07. The molecule has 6 heteroatoms. The molecule has 0 aliphatic carbocycles. The van der Waals surface area contributed by atoms with Crippen molar-refractivity contribution in [2.45, 2.75) is 6.54 Å². The average Bonchev–Trinajstić information content (AvgIpc) is 2.67. The van der Waals surface area contributed by atoms with Crippen LogP contribution in [0.4, 0.5) is 10.1 Å². The van der Waals surface area contributed by atoms with Crippen LogP contribution in [0.25, 0.3) is 0 Å². The zero-order valence-corrected chi connectivity index (χ0v) is 13.7. The van der Waals surface area contributed by atoms with Crippen molar-refractivity contribution in [1.29, 1.82) is 0 Å². The van der Waals surface area contributed by atoms with E-state index in [2.05, 4.69) is 31.9 Å². The molecular weight excluding hydrogens is 405 g/mol. The number of rotatable bonds is 2. The van der Waals surface area contributed by atoms with Crippen LogP contribution in [0.1, 0.15) is 15.9 Å². The molecule has 0 saturated carbocycles. The minimum Gasteiger partial charge on any atom is -0.300 e. The van der Waals surface area contributed by atoms with Gasteiger partial charge in [0.1, 0.15) is 5.82 Å². The summed E-state index contributed by atoms with van der Waals surface area (Å²) in [6.07, 6.45) is 0. The van der Waals surface area contributed by atoms with Gasteiger partial charge in [-0.1, -0.05) is 28.1 Å². The van der Waals surface area contributed by atoms with E-state index in [4.69, 9.17) is 0 Å². The van der Waals surface area contributed by atoms with Gasteiger partial charge in [-0.15, -0.1) is 0 Å². The van der Waals surface area contributed by atoms with Gasteiger partial charge in [-0.2, -0.15) is 0 Å². The second-order valence-electron chi connectivity index (χ2n) is 4.63. The molecule has 3 rings (SSSR count). The Morgan fingerprint density at radius 1 is 1.05 bits per heavy atom. The lowest BCUT2D eigenvalue weighted by atomic mass is 10.1. The molecular formula is C15H8Br2FNO2. The molecule has 0 fully saturated rings. The minimum atomic E-state index is -0.634. The molecule has 2 aromatic rings. The Hall–Kier alpha value is -1.53. The van der Waals surface area contributed by atoms with E-state index in [-0.39, 0.29) is 16.6 Å². The number of hydrogen-bond acceptors (Lipinski definition) is 2. The summed E-state index contributed by atoms with van der Waals surface area (Å²) in [6.45, 7) is 0.228. The molecule has 0 unspecified atom stereocenters. The van der Waals surface area contributed by atoms with Gasteiger partial charge in [0.25, 0.3) is 11.7 Å². The molecule has 0 saturated heterocycles. The standard InChI is InChI=1S/C15H8Br2FNO2/c16-9-3-1-8(2-4-9)7-19-13-6-12(18)11(17)5-10(13)14(20)15(19)21/h1-6H,7H2. The molecule has 0 aromatic heterocycles. The van der Waals surface area contributed by atoms with Crippen LogP contribution in [0.15, 0.2) is 45.3 Å². The van der Waals surface area contributed by atoms with Gasteiger partial charge < -0.3 is 4.90 Å². The SMILES string of the molecule is O=C1C(=O)N(Cc2ccc(Br)cc2)c2cc(F)c(Br)cc21. The second-order valence-corrected chi connectivity index (χ2v) is 6.40. The lowest BCUT2D eigenvalue weighted by Gasteiger charge is -2.16. The Morgan fingerprint density at radius 2 is 1.71 bits per heavy atom. The van der Waals surface area contributed by atoms with E-state index in [1.54, 1.807) is 0 Å². The molecule has 0 N–H and O–H groups in total. The summed E-state index contributed by atoms with van der Waals surface area (Å²) in [4.78, 5) is 25.4. The third-order valence-electron chi connectivity index (χ3n) is 3.27. The number of anilines is 1. The molecule has 3 nitrogen and oxygen atoms in total. The maximum absolute atomic E-state index is 13.7. The van der Waals surface area contributed by atoms with Gasteiger partial charge in [-0.05, 0) is 45.8 Å². The van der Waals surface area contributed by atoms with Crippen LogP contribution in [0.5, 0.6) is 0 Å². The summed E-state index contributed by atoms with van der Waals surface area (Å²) in [7, 11) is 0. The number of Topliss-reactive ketones (excluding diaryl/α,β-unsaturated/α-hetero) is 1. The number of benzene rings is 2. The monoisotopic (exact) mass is 411 g/mol. The first-order chi connectivity index (χ1) is 9.97. The third kappa shape index (κ3) is 2.53. The molecule has 21 heavy (non-hydrogen) atoms. The molecule has 2 aromatic carbocycles. The molecule has 1 aliphatic rings. The van der Waals surface area contributed by atoms with Crippen molar-refractivity contribution in [3.8, 4) is 0 Å². The Kier molecular flexibility index (Phi) is 3.67. The fraction of sp³-hybridized carbons (Fsp3) is 0.0667. The smallest absolute Gasteiger partial charge is 0.299 e. The Balaban J connectivity index is 2.01. The van der Waals surface area contributed by atoms with Crippen molar-refractivity contribution in [2.75, 3.05) is 4.90 Å². The number of nitrogens with zero attached hydrogens (tertiary/aromatic N) is 1. The molecule has 1 aliphatic heterocycles. The zero-order valence-electron chi connectivity index (χ0n) is 10.6. The van der Waals surface area contributed by atoms with Crippen molar-refractivity contribution >= 4 is 49.2 Å².